The number of nitrogens with one attached hydrogen (secondary N) is 2. The van der Waals surface area contributed by atoms with Crippen LogP contribution in [0.2, 0.25) is 0 Å². The Morgan fingerprint density at radius 1 is 0.893 bits per heavy atom. The maximum Gasteiger partial charge on any atom is 0.408 e. The molecule has 0 aliphatic heterocycles. The van der Waals surface area contributed by atoms with E-state index in [2.05, 4.69) is 29.7 Å². The molecule has 0 radical (unpaired) electrons. The van der Waals surface area contributed by atoms with Gasteiger partial charge in [0.2, 0.25) is 0 Å². The van der Waals surface area contributed by atoms with Crippen LogP contribution in [0.25, 0.3) is 0 Å². The summed E-state index contributed by atoms with van der Waals surface area (Å²) in [6.45, 7) is 13.8. The van der Waals surface area contributed by atoms with E-state index >= 15 is 0 Å². The summed E-state index contributed by atoms with van der Waals surface area (Å²) in [5.41, 5.74) is -1.01. The average Bonchev–Trinajstić information content (AvgIpc) is 2.50. The van der Waals surface area contributed by atoms with Crippen LogP contribution < -0.4 is 10.6 Å². The minimum absolute atomic E-state index is 0.0713. The number of hydrogen-bond acceptors (Lipinski definition) is 4. The number of alkyl carbamates (subject to hydrolysis) is 2. The molecule has 1 atom stereocenters. The topological polar surface area (TPSA) is 76.7 Å². The molecule has 1 unspecified atom stereocenters. The maximum absolute atomic E-state index is 12.1. The zero-order valence-corrected chi connectivity index (χ0v) is 19.0. The van der Waals surface area contributed by atoms with Gasteiger partial charge in [0.1, 0.15) is 11.2 Å². The van der Waals surface area contributed by atoms with Gasteiger partial charge in [0, 0.05) is 6.54 Å². The zero-order chi connectivity index (χ0) is 21.6. The summed E-state index contributed by atoms with van der Waals surface area (Å²) in [4.78, 5) is 23.7. The predicted octanol–water partition coefficient (Wildman–Crippen LogP) is 5.71. The Hall–Kier alpha value is -1.72. The summed E-state index contributed by atoms with van der Waals surface area (Å²) in [6, 6.07) is -0.0713. The van der Waals surface area contributed by atoms with Crippen molar-refractivity contribution < 1.29 is 19.1 Å². The van der Waals surface area contributed by atoms with E-state index in [-0.39, 0.29) is 6.04 Å². The van der Waals surface area contributed by atoms with Crippen molar-refractivity contribution in [3.05, 3.63) is 12.2 Å². The molecule has 2 amide bonds. The second kappa shape index (κ2) is 13.5. The lowest BCUT2D eigenvalue weighted by Gasteiger charge is -2.22. The Morgan fingerprint density at radius 2 is 1.50 bits per heavy atom. The van der Waals surface area contributed by atoms with E-state index in [9.17, 15) is 9.59 Å². The minimum atomic E-state index is -0.517. The molecular formula is C22H42N2O4. The number of carbonyl (C=O) groups excluding carboxylic acids is 2. The summed E-state index contributed by atoms with van der Waals surface area (Å²) < 4.78 is 10.6. The van der Waals surface area contributed by atoms with Crippen molar-refractivity contribution in [1.82, 2.24) is 10.6 Å². The monoisotopic (exact) mass is 398 g/mol. The number of rotatable bonds is 11. The quantitative estimate of drug-likeness (QED) is 0.345. The fourth-order valence-corrected chi connectivity index (χ4v) is 2.44. The van der Waals surface area contributed by atoms with Crippen molar-refractivity contribution in [1.29, 1.82) is 0 Å². The lowest BCUT2D eigenvalue weighted by Crippen LogP contribution is -2.38. The van der Waals surface area contributed by atoms with Crippen LogP contribution in [0.15, 0.2) is 12.2 Å². The van der Waals surface area contributed by atoms with E-state index in [1.54, 1.807) is 0 Å². The van der Waals surface area contributed by atoms with Gasteiger partial charge in [-0.3, -0.25) is 0 Å². The molecule has 0 aromatic rings. The summed E-state index contributed by atoms with van der Waals surface area (Å²) >= 11 is 0. The molecule has 0 bridgehead atoms. The Morgan fingerprint density at radius 3 is 2.07 bits per heavy atom. The molecule has 0 heterocycles. The van der Waals surface area contributed by atoms with Crippen molar-refractivity contribution in [3.8, 4) is 0 Å². The Balaban J connectivity index is 4.35. The SMILES string of the molecule is CCCCCC=CC(CCCCNC(=O)OC(C)(C)C)NC(=O)OC(C)(C)C. The van der Waals surface area contributed by atoms with E-state index in [1.165, 1.54) is 12.8 Å². The molecule has 0 aliphatic rings. The average molecular weight is 399 g/mol. The van der Waals surface area contributed by atoms with E-state index < -0.39 is 23.4 Å². The largest absolute Gasteiger partial charge is 0.444 e. The second-order valence-corrected chi connectivity index (χ2v) is 9.10. The van der Waals surface area contributed by atoms with Gasteiger partial charge in [-0.2, -0.15) is 0 Å². The van der Waals surface area contributed by atoms with Crippen molar-refractivity contribution in [3.63, 3.8) is 0 Å². The first-order chi connectivity index (χ1) is 12.9. The van der Waals surface area contributed by atoms with Crippen LogP contribution in [-0.2, 0) is 9.47 Å². The number of unbranched alkanes of at least 4 members (excludes halogenated alkanes) is 4. The van der Waals surface area contributed by atoms with Crippen molar-refractivity contribution >= 4 is 12.2 Å². The van der Waals surface area contributed by atoms with Crippen molar-refractivity contribution in [2.24, 2.45) is 0 Å². The van der Waals surface area contributed by atoms with Gasteiger partial charge in [-0.05, 0) is 73.6 Å². The van der Waals surface area contributed by atoms with Crippen LogP contribution in [0.5, 0.6) is 0 Å². The first-order valence-electron chi connectivity index (χ1n) is 10.6. The molecular weight excluding hydrogens is 356 g/mol. The fourth-order valence-electron chi connectivity index (χ4n) is 2.44. The smallest absolute Gasteiger partial charge is 0.408 e. The molecule has 6 heteroatoms. The molecule has 0 spiro atoms. The van der Waals surface area contributed by atoms with Crippen LogP contribution in [0.1, 0.15) is 93.4 Å². The lowest BCUT2D eigenvalue weighted by atomic mass is 10.1. The molecule has 2 N–H and O–H groups in total. The predicted molar refractivity (Wildman–Crippen MR) is 115 cm³/mol. The molecule has 0 aromatic carbocycles. The maximum atomic E-state index is 12.1. The third kappa shape index (κ3) is 17.7. The molecule has 0 aliphatic carbocycles. The molecule has 0 saturated carbocycles. The van der Waals surface area contributed by atoms with E-state index in [0.29, 0.717) is 6.54 Å². The van der Waals surface area contributed by atoms with Crippen LogP contribution in [-0.4, -0.2) is 36.0 Å². The third-order valence-corrected chi connectivity index (χ3v) is 3.65. The van der Waals surface area contributed by atoms with Gasteiger partial charge in [-0.15, -0.1) is 0 Å². The highest BCUT2D eigenvalue weighted by Gasteiger charge is 2.18. The first kappa shape index (κ1) is 26.3. The van der Waals surface area contributed by atoms with Gasteiger partial charge >= 0.3 is 12.2 Å². The number of amides is 2. The summed E-state index contributed by atoms with van der Waals surface area (Å²) in [5, 5.41) is 5.70. The van der Waals surface area contributed by atoms with Crippen molar-refractivity contribution in [2.75, 3.05) is 6.54 Å². The van der Waals surface area contributed by atoms with E-state index in [4.69, 9.17) is 9.47 Å². The minimum Gasteiger partial charge on any atom is -0.444 e. The van der Waals surface area contributed by atoms with Crippen LogP contribution in [0.4, 0.5) is 9.59 Å². The van der Waals surface area contributed by atoms with Crippen molar-refractivity contribution in [2.45, 2.75) is 111 Å². The third-order valence-electron chi connectivity index (χ3n) is 3.65. The van der Waals surface area contributed by atoms with Gasteiger partial charge in [0.25, 0.3) is 0 Å². The second-order valence-electron chi connectivity index (χ2n) is 9.10. The number of hydrogen-bond donors (Lipinski definition) is 2. The number of allylic oxidation sites excluding steroid dienone is 1. The Kier molecular flexibility index (Phi) is 12.6. The van der Waals surface area contributed by atoms with Gasteiger partial charge in [-0.25, -0.2) is 9.59 Å². The standard InChI is InChI=1S/C22H42N2O4/c1-8-9-10-11-12-15-18(24-20(26)28-22(5,6)7)16-13-14-17-23-19(25)27-21(2,3)4/h12,15,18H,8-11,13-14,16-17H2,1-7H3,(H,23,25)(H,24,26). The molecule has 164 valence electrons. The number of carbonyl (C=O) groups is 2. The highest BCUT2D eigenvalue weighted by Crippen LogP contribution is 2.10. The fraction of sp³-hybridized carbons (Fsp3) is 0.818. The number of ether oxygens (including phenoxy) is 2. The van der Waals surface area contributed by atoms with Gasteiger partial charge in [0.05, 0.1) is 6.04 Å². The van der Waals surface area contributed by atoms with Crippen LogP contribution >= 0.6 is 0 Å². The highest BCUT2D eigenvalue weighted by atomic mass is 16.6. The summed E-state index contributed by atoms with van der Waals surface area (Å²) in [7, 11) is 0. The van der Waals surface area contributed by atoms with Gasteiger partial charge < -0.3 is 20.1 Å². The first-order valence-corrected chi connectivity index (χ1v) is 10.6. The van der Waals surface area contributed by atoms with Crippen LogP contribution in [0.3, 0.4) is 0 Å². The van der Waals surface area contributed by atoms with E-state index in [0.717, 1.165) is 32.1 Å². The molecule has 0 aromatic heterocycles. The molecule has 0 rings (SSSR count). The Bertz CT molecular complexity index is 476. The van der Waals surface area contributed by atoms with E-state index in [1.807, 2.05) is 41.5 Å². The lowest BCUT2D eigenvalue weighted by molar-refractivity contribution is 0.0509. The van der Waals surface area contributed by atoms with Gasteiger partial charge in [0.15, 0.2) is 0 Å². The summed E-state index contributed by atoms with van der Waals surface area (Å²) in [5.74, 6) is 0. The normalized spacial score (nSPS) is 13.2. The molecule has 0 saturated heterocycles. The highest BCUT2D eigenvalue weighted by molar-refractivity contribution is 5.68. The Labute approximate surface area is 171 Å². The molecule has 28 heavy (non-hydrogen) atoms. The van der Waals surface area contributed by atoms with Crippen LogP contribution in [0, 0.1) is 0 Å². The van der Waals surface area contributed by atoms with Gasteiger partial charge in [-0.1, -0.05) is 31.9 Å². The zero-order valence-electron chi connectivity index (χ0n) is 19.0. The molecule has 0 fully saturated rings. The summed E-state index contributed by atoms with van der Waals surface area (Å²) in [6.07, 6.45) is 10.5. The molecule has 6 nitrogen and oxygen atoms in total.